The highest BCUT2D eigenvalue weighted by molar-refractivity contribution is 5.97. The minimum Gasteiger partial charge on any atom is -0.497 e. The molecule has 1 N–H and O–H groups in total. The molecule has 1 aliphatic heterocycles. The first-order chi connectivity index (χ1) is 15.0. The van der Waals surface area contributed by atoms with E-state index in [4.69, 9.17) is 14.5 Å². The first-order valence-electron chi connectivity index (χ1n) is 10.6. The maximum Gasteiger partial charge on any atom is 0.261 e. The predicted octanol–water partition coefficient (Wildman–Crippen LogP) is 3.63. The van der Waals surface area contributed by atoms with Gasteiger partial charge in [0.25, 0.3) is 11.5 Å². The van der Waals surface area contributed by atoms with E-state index in [1.54, 1.807) is 37.0 Å². The molecule has 7 heteroatoms. The molecule has 0 unspecified atom stereocenters. The fraction of sp³-hybridized carbons (Fsp3) is 0.375. The molecule has 0 aliphatic carbocycles. The van der Waals surface area contributed by atoms with Gasteiger partial charge in [0.05, 0.1) is 31.2 Å². The number of aryl methyl sites for hydroxylation is 1. The molecule has 0 saturated heterocycles. The lowest BCUT2D eigenvalue weighted by atomic mass is 10.1. The van der Waals surface area contributed by atoms with Crippen LogP contribution in [0.25, 0.3) is 10.9 Å². The largest absolute Gasteiger partial charge is 0.497 e. The number of carbonyl (C=O) groups is 1. The fourth-order valence-electron chi connectivity index (χ4n) is 4.10. The van der Waals surface area contributed by atoms with Crippen molar-refractivity contribution >= 4 is 16.8 Å². The van der Waals surface area contributed by atoms with Crippen LogP contribution >= 0.6 is 0 Å². The van der Waals surface area contributed by atoms with E-state index in [0.29, 0.717) is 34.5 Å². The van der Waals surface area contributed by atoms with Gasteiger partial charge in [0.1, 0.15) is 17.3 Å². The molecule has 3 aromatic rings. The number of hydrogen-bond donors (Lipinski definition) is 1. The van der Waals surface area contributed by atoms with Crippen molar-refractivity contribution in [1.29, 1.82) is 0 Å². The van der Waals surface area contributed by atoms with Crippen LogP contribution in [-0.2, 0) is 13.0 Å². The third-order valence-electron chi connectivity index (χ3n) is 5.83. The molecule has 0 spiro atoms. The number of benzene rings is 2. The van der Waals surface area contributed by atoms with Gasteiger partial charge in [-0.05, 0) is 56.2 Å². The Kier molecular flexibility index (Phi) is 5.93. The van der Waals surface area contributed by atoms with Crippen molar-refractivity contribution in [1.82, 2.24) is 14.9 Å². The molecule has 0 fully saturated rings. The maximum atomic E-state index is 13.0. The molecule has 0 radical (unpaired) electrons. The third-order valence-corrected chi connectivity index (χ3v) is 5.83. The first kappa shape index (κ1) is 20.9. The smallest absolute Gasteiger partial charge is 0.261 e. The summed E-state index contributed by atoms with van der Waals surface area (Å²) in [6.07, 6.45) is 3.90. The molecule has 1 amide bonds. The Bertz CT molecular complexity index is 1190. The summed E-state index contributed by atoms with van der Waals surface area (Å²) < 4.78 is 12.5. The summed E-state index contributed by atoms with van der Waals surface area (Å²) in [6.45, 7) is 2.60. The second-order valence-electron chi connectivity index (χ2n) is 7.83. The highest BCUT2D eigenvalue weighted by Crippen LogP contribution is 2.29. The SMILES string of the molecule is COc1ccc(OC)c([C@H](C)NC(=O)c2ccc3c(=O)n4c(nc3c2)CCCCC4)c1. The molecule has 1 aliphatic rings. The van der Waals surface area contributed by atoms with Crippen molar-refractivity contribution in [2.45, 2.75) is 45.2 Å². The minimum atomic E-state index is -0.307. The number of methoxy groups -OCH3 is 2. The van der Waals surface area contributed by atoms with Gasteiger partial charge in [0, 0.05) is 24.1 Å². The predicted molar refractivity (Wildman–Crippen MR) is 119 cm³/mol. The zero-order valence-corrected chi connectivity index (χ0v) is 18.1. The average Bonchev–Trinajstić information content (AvgIpc) is 3.04. The van der Waals surface area contributed by atoms with E-state index >= 15 is 0 Å². The second kappa shape index (κ2) is 8.79. The van der Waals surface area contributed by atoms with Crippen molar-refractivity contribution in [3.8, 4) is 11.5 Å². The first-order valence-corrected chi connectivity index (χ1v) is 10.6. The van der Waals surface area contributed by atoms with E-state index in [-0.39, 0.29) is 17.5 Å². The van der Waals surface area contributed by atoms with Gasteiger partial charge >= 0.3 is 0 Å². The number of nitrogens with one attached hydrogen (secondary N) is 1. The Labute approximate surface area is 181 Å². The number of aromatic nitrogens is 2. The Morgan fingerprint density at radius 1 is 1.10 bits per heavy atom. The maximum absolute atomic E-state index is 13.0. The summed E-state index contributed by atoms with van der Waals surface area (Å²) >= 11 is 0. The van der Waals surface area contributed by atoms with E-state index in [0.717, 1.165) is 37.1 Å². The number of ether oxygens (including phenoxy) is 2. The number of hydrogen-bond acceptors (Lipinski definition) is 5. The van der Waals surface area contributed by atoms with E-state index in [2.05, 4.69) is 5.32 Å². The third kappa shape index (κ3) is 4.13. The lowest BCUT2D eigenvalue weighted by Crippen LogP contribution is -2.28. The monoisotopic (exact) mass is 421 g/mol. The topological polar surface area (TPSA) is 82.5 Å². The van der Waals surface area contributed by atoms with E-state index < -0.39 is 0 Å². The van der Waals surface area contributed by atoms with Crippen LogP contribution in [0.5, 0.6) is 11.5 Å². The van der Waals surface area contributed by atoms with Gasteiger partial charge < -0.3 is 14.8 Å². The van der Waals surface area contributed by atoms with Gasteiger partial charge in [-0.3, -0.25) is 14.2 Å². The van der Waals surface area contributed by atoms with Crippen molar-refractivity contribution in [2.75, 3.05) is 14.2 Å². The summed E-state index contributed by atoms with van der Waals surface area (Å²) in [5.74, 6) is 1.93. The van der Waals surface area contributed by atoms with Crippen LogP contribution < -0.4 is 20.3 Å². The normalized spacial score (nSPS) is 14.4. The van der Waals surface area contributed by atoms with Gasteiger partial charge in [-0.1, -0.05) is 6.42 Å². The molecule has 1 aromatic heterocycles. The van der Waals surface area contributed by atoms with Crippen LogP contribution in [0.4, 0.5) is 0 Å². The molecular weight excluding hydrogens is 394 g/mol. The number of fused-ring (bicyclic) bond motifs is 2. The molecule has 2 heterocycles. The molecule has 2 aromatic carbocycles. The lowest BCUT2D eigenvalue weighted by Gasteiger charge is -2.18. The molecule has 4 rings (SSSR count). The average molecular weight is 421 g/mol. The molecule has 1 atom stereocenters. The summed E-state index contributed by atoms with van der Waals surface area (Å²) in [4.78, 5) is 30.6. The number of rotatable bonds is 5. The van der Waals surface area contributed by atoms with Gasteiger partial charge in [0.2, 0.25) is 0 Å². The highest BCUT2D eigenvalue weighted by Gasteiger charge is 2.18. The molecular formula is C24H27N3O4. The quantitative estimate of drug-likeness (QED) is 0.680. The summed E-state index contributed by atoms with van der Waals surface area (Å²) in [6, 6.07) is 10.3. The highest BCUT2D eigenvalue weighted by atomic mass is 16.5. The summed E-state index contributed by atoms with van der Waals surface area (Å²) in [7, 11) is 3.19. The van der Waals surface area contributed by atoms with Crippen molar-refractivity contribution in [3.63, 3.8) is 0 Å². The van der Waals surface area contributed by atoms with Gasteiger partial charge in [-0.15, -0.1) is 0 Å². The van der Waals surface area contributed by atoms with E-state index in [1.807, 2.05) is 25.1 Å². The lowest BCUT2D eigenvalue weighted by molar-refractivity contribution is 0.0939. The van der Waals surface area contributed by atoms with Crippen molar-refractivity contribution in [2.24, 2.45) is 0 Å². The summed E-state index contributed by atoms with van der Waals surface area (Å²) in [5, 5.41) is 3.55. The van der Waals surface area contributed by atoms with E-state index in [9.17, 15) is 9.59 Å². The summed E-state index contributed by atoms with van der Waals surface area (Å²) in [5.41, 5.74) is 1.82. The number of nitrogens with zero attached hydrogens (tertiary/aromatic N) is 2. The Morgan fingerprint density at radius 2 is 1.94 bits per heavy atom. The zero-order valence-electron chi connectivity index (χ0n) is 18.1. The minimum absolute atomic E-state index is 0.0247. The van der Waals surface area contributed by atoms with Crippen LogP contribution in [-0.4, -0.2) is 29.7 Å². The van der Waals surface area contributed by atoms with Gasteiger partial charge in [0.15, 0.2) is 0 Å². The van der Waals surface area contributed by atoms with Crippen LogP contribution in [0.3, 0.4) is 0 Å². The molecule has 0 bridgehead atoms. The van der Waals surface area contributed by atoms with Crippen LogP contribution in [0.2, 0.25) is 0 Å². The molecule has 31 heavy (non-hydrogen) atoms. The van der Waals surface area contributed by atoms with E-state index in [1.165, 1.54) is 0 Å². The van der Waals surface area contributed by atoms with Crippen molar-refractivity contribution < 1.29 is 14.3 Å². The Morgan fingerprint density at radius 3 is 2.71 bits per heavy atom. The Balaban J connectivity index is 1.63. The van der Waals surface area contributed by atoms with Crippen molar-refractivity contribution in [3.05, 3.63) is 63.7 Å². The van der Waals surface area contributed by atoms with Crippen LogP contribution in [0.1, 0.15) is 54.0 Å². The standard InChI is InChI=1S/C24H27N3O4/c1-15(19-14-17(30-2)9-11-21(19)31-3)25-23(28)16-8-10-18-20(13-16)26-22-7-5-4-6-12-27(22)24(18)29/h8-11,13-15H,4-7,12H2,1-3H3,(H,25,28)/t15-/m0/s1. The zero-order chi connectivity index (χ0) is 22.0. The molecule has 7 nitrogen and oxygen atoms in total. The van der Waals surface area contributed by atoms with Crippen LogP contribution in [0.15, 0.2) is 41.2 Å². The van der Waals surface area contributed by atoms with Crippen LogP contribution in [0, 0.1) is 0 Å². The van der Waals surface area contributed by atoms with Gasteiger partial charge in [-0.2, -0.15) is 0 Å². The number of carbonyl (C=O) groups excluding carboxylic acids is 1. The molecule has 162 valence electrons. The Hall–Kier alpha value is -3.35. The second-order valence-corrected chi connectivity index (χ2v) is 7.83. The van der Waals surface area contributed by atoms with Gasteiger partial charge in [-0.25, -0.2) is 4.98 Å². The fourth-order valence-corrected chi connectivity index (χ4v) is 4.10. The number of amides is 1. The molecule has 0 saturated carbocycles.